The summed E-state index contributed by atoms with van der Waals surface area (Å²) in [5, 5.41) is -0.0422. The number of halogens is 1. The molecule has 0 unspecified atom stereocenters. The summed E-state index contributed by atoms with van der Waals surface area (Å²) in [7, 11) is -2.90. The number of piperidine rings is 1. The minimum Gasteiger partial charge on any atom is -0.212 e. The maximum absolute atomic E-state index is 11.8. The van der Waals surface area contributed by atoms with Crippen molar-refractivity contribution in [3.8, 4) is 0 Å². The van der Waals surface area contributed by atoms with E-state index < -0.39 is 10.0 Å². The zero-order valence-corrected chi connectivity index (χ0v) is 9.85. The highest BCUT2D eigenvalue weighted by Crippen LogP contribution is 2.32. The van der Waals surface area contributed by atoms with Crippen LogP contribution in [0, 0.1) is 0 Å². The molecule has 0 bridgehead atoms. The normalized spacial score (nSPS) is 27.8. The van der Waals surface area contributed by atoms with Crippen LogP contribution in [0.2, 0.25) is 0 Å². The second kappa shape index (κ2) is 3.51. The molecule has 1 saturated carbocycles. The fourth-order valence-corrected chi connectivity index (χ4v) is 3.94. The molecule has 0 N–H and O–H groups in total. The third kappa shape index (κ3) is 2.07. The molecule has 2 fully saturated rings. The second-order valence-corrected chi connectivity index (χ2v) is 7.33. The first kappa shape index (κ1) is 9.93. The fourth-order valence-electron chi connectivity index (χ4n) is 1.66. The predicted molar refractivity (Wildman–Crippen MR) is 55.5 cm³/mol. The van der Waals surface area contributed by atoms with Gasteiger partial charge >= 0.3 is 0 Å². The average Bonchev–Trinajstić information content (AvgIpc) is 2.87. The summed E-state index contributed by atoms with van der Waals surface area (Å²) >= 11 is 3.51. The molecular formula is C8H14BrNO2S. The lowest BCUT2D eigenvalue weighted by atomic mass is 10.2. The van der Waals surface area contributed by atoms with Crippen LogP contribution in [0.25, 0.3) is 0 Å². The highest BCUT2D eigenvalue weighted by molar-refractivity contribution is 9.09. The molecule has 1 aliphatic carbocycles. The summed E-state index contributed by atoms with van der Waals surface area (Å²) < 4.78 is 25.2. The molecule has 3 nitrogen and oxygen atoms in total. The van der Waals surface area contributed by atoms with E-state index in [4.69, 9.17) is 0 Å². The molecule has 0 aromatic rings. The second-order valence-electron chi connectivity index (χ2n) is 3.82. The van der Waals surface area contributed by atoms with E-state index in [1.807, 2.05) is 0 Å². The van der Waals surface area contributed by atoms with Crippen LogP contribution in [-0.2, 0) is 10.0 Å². The lowest BCUT2D eigenvalue weighted by molar-refractivity contribution is 0.354. The van der Waals surface area contributed by atoms with Crippen molar-refractivity contribution in [1.29, 1.82) is 0 Å². The van der Waals surface area contributed by atoms with Gasteiger partial charge in [0.15, 0.2) is 0 Å². The Kier molecular flexibility index (Phi) is 2.68. The molecule has 0 atom stereocenters. The average molecular weight is 268 g/mol. The molecule has 1 heterocycles. The maximum Gasteiger partial charge on any atom is 0.216 e. The molecule has 1 aliphatic heterocycles. The standard InChI is InChI=1S/C8H14BrNO2S/c9-7-3-5-10(6-4-7)13(11,12)8-1-2-8/h7-8H,1-6H2. The first-order chi connectivity index (χ1) is 6.10. The molecule has 13 heavy (non-hydrogen) atoms. The SMILES string of the molecule is O=S(=O)(C1CC1)N1CCC(Br)CC1. The molecule has 2 aliphatic rings. The van der Waals surface area contributed by atoms with Crippen molar-refractivity contribution in [1.82, 2.24) is 4.31 Å². The van der Waals surface area contributed by atoms with Gasteiger partial charge in [-0.1, -0.05) is 15.9 Å². The van der Waals surface area contributed by atoms with E-state index in [9.17, 15) is 8.42 Å². The summed E-state index contributed by atoms with van der Waals surface area (Å²) in [6, 6.07) is 0. The molecule has 0 aromatic heterocycles. The first-order valence-electron chi connectivity index (χ1n) is 4.74. The van der Waals surface area contributed by atoms with Crippen LogP contribution in [0.5, 0.6) is 0 Å². The maximum atomic E-state index is 11.8. The van der Waals surface area contributed by atoms with E-state index in [1.165, 1.54) is 0 Å². The number of alkyl halides is 1. The van der Waals surface area contributed by atoms with Crippen molar-refractivity contribution in [2.24, 2.45) is 0 Å². The van der Waals surface area contributed by atoms with E-state index in [1.54, 1.807) is 4.31 Å². The molecule has 1 saturated heterocycles. The van der Waals surface area contributed by atoms with E-state index in [0.717, 1.165) is 25.7 Å². The van der Waals surface area contributed by atoms with E-state index in [2.05, 4.69) is 15.9 Å². The van der Waals surface area contributed by atoms with Gasteiger partial charge in [-0.05, 0) is 25.7 Å². The zero-order chi connectivity index (χ0) is 9.47. The summed E-state index contributed by atoms with van der Waals surface area (Å²) in [5.74, 6) is 0. The molecule has 5 heteroatoms. The minimum atomic E-state index is -2.90. The van der Waals surface area contributed by atoms with Gasteiger partial charge in [-0.15, -0.1) is 0 Å². The van der Waals surface area contributed by atoms with Crippen molar-refractivity contribution >= 4 is 26.0 Å². The van der Waals surface area contributed by atoms with Gasteiger partial charge in [-0.25, -0.2) is 12.7 Å². The largest absolute Gasteiger partial charge is 0.216 e. The lowest BCUT2D eigenvalue weighted by Gasteiger charge is -2.28. The predicted octanol–water partition coefficient (Wildman–Crippen LogP) is 1.34. The van der Waals surface area contributed by atoms with Gasteiger partial charge in [0.05, 0.1) is 5.25 Å². The molecule has 0 aromatic carbocycles. The highest BCUT2D eigenvalue weighted by atomic mass is 79.9. The summed E-state index contributed by atoms with van der Waals surface area (Å²) in [6.07, 6.45) is 3.64. The Labute approximate surface area is 87.7 Å². The van der Waals surface area contributed by atoms with Gasteiger partial charge in [-0.2, -0.15) is 0 Å². The van der Waals surface area contributed by atoms with Crippen LogP contribution >= 0.6 is 15.9 Å². The Hall–Kier alpha value is 0.390. The number of hydrogen-bond donors (Lipinski definition) is 0. The first-order valence-corrected chi connectivity index (χ1v) is 7.15. The van der Waals surface area contributed by atoms with Gasteiger partial charge in [0.2, 0.25) is 10.0 Å². The van der Waals surface area contributed by atoms with Gasteiger partial charge in [0, 0.05) is 17.9 Å². The summed E-state index contributed by atoms with van der Waals surface area (Å²) in [6.45, 7) is 1.41. The van der Waals surface area contributed by atoms with Crippen LogP contribution in [0.1, 0.15) is 25.7 Å². The Balaban J connectivity index is 2.01. The van der Waals surface area contributed by atoms with Gasteiger partial charge in [0.25, 0.3) is 0 Å². The van der Waals surface area contributed by atoms with E-state index in [0.29, 0.717) is 17.9 Å². The van der Waals surface area contributed by atoms with Gasteiger partial charge < -0.3 is 0 Å². The molecule has 76 valence electrons. The van der Waals surface area contributed by atoms with Crippen molar-refractivity contribution in [2.45, 2.75) is 35.8 Å². The molecule has 0 amide bonds. The summed E-state index contributed by atoms with van der Waals surface area (Å²) in [5.41, 5.74) is 0. The Morgan fingerprint density at radius 1 is 1.08 bits per heavy atom. The third-order valence-corrected chi connectivity index (χ3v) is 6.00. The Bertz CT molecular complexity index is 279. The van der Waals surface area contributed by atoms with Crippen LogP contribution in [0.3, 0.4) is 0 Å². The lowest BCUT2D eigenvalue weighted by Crippen LogP contribution is -2.40. The van der Waals surface area contributed by atoms with Gasteiger partial charge in [-0.3, -0.25) is 0 Å². The fraction of sp³-hybridized carbons (Fsp3) is 1.00. The van der Waals surface area contributed by atoms with Gasteiger partial charge in [0.1, 0.15) is 0 Å². The van der Waals surface area contributed by atoms with Crippen molar-refractivity contribution in [3.63, 3.8) is 0 Å². The molecule has 0 radical (unpaired) electrons. The van der Waals surface area contributed by atoms with E-state index in [-0.39, 0.29) is 5.25 Å². The zero-order valence-electron chi connectivity index (χ0n) is 7.45. The Morgan fingerprint density at radius 2 is 1.62 bits per heavy atom. The number of sulfonamides is 1. The van der Waals surface area contributed by atoms with Crippen LogP contribution in [0.15, 0.2) is 0 Å². The highest BCUT2D eigenvalue weighted by Gasteiger charge is 2.40. The molecule has 2 rings (SSSR count). The monoisotopic (exact) mass is 267 g/mol. The van der Waals surface area contributed by atoms with Crippen molar-refractivity contribution in [2.75, 3.05) is 13.1 Å². The topological polar surface area (TPSA) is 37.4 Å². The third-order valence-electron chi connectivity index (χ3n) is 2.69. The quantitative estimate of drug-likeness (QED) is 0.709. The minimum absolute atomic E-state index is 0.0422. The number of hydrogen-bond acceptors (Lipinski definition) is 2. The molecular weight excluding hydrogens is 254 g/mol. The van der Waals surface area contributed by atoms with Crippen LogP contribution in [0.4, 0.5) is 0 Å². The van der Waals surface area contributed by atoms with Crippen LogP contribution < -0.4 is 0 Å². The van der Waals surface area contributed by atoms with Crippen molar-refractivity contribution < 1.29 is 8.42 Å². The van der Waals surface area contributed by atoms with Crippen molar-refractivity contribution in [3.05, 3.63) is 0 Å². The smallest absolute Gasteiger partial charge is 0.212 e. The number of rotatable bonds is 2. The summed E-state index contributed by atoms with van der Waals surface area (Å²) in [4.78, 5) is 0.512. The molecule has 0 spiro atoms. The van der Waals surface area contributed by atoms with Crippen LogP contribution in [-0.4, -0.2) is 35.9 Å². The van der Waals surface area contributed by atoms with E-state index >= 15 is 0 Å². The Morgan fingerprint density at radius 3 is 2.08 bits per heavy atom. The number of nitrogens with zero attached hydrogens (tertiary/aromatic N) is 1.